The molecule has 4 aliphatic heterocycles. The summed E-state index contributed by atoms with van der Waals surface area (Å²) in [6.45, 7) is 2.43. The molecule has 2 saturated heterocycles. The van der Waals surface area contributed by atoms with Crippen LogP contribution in [-0.4, -0.2) is 81.2 Å². The molecule has 4 aromatic rings. The minimum Gasteiger partial charge on any atom is -0.394 e. The molecule has 1 unspecified atom stereocenters. The van der Waals surface area contributed by atoms with Crippen molar-refractivity contribution in [1.82, 2.24) is 20.1 Å². The predicted octanol–water partition coefficient (Wildman–Crippen LogP) is 5.50. The summed E-state index contributed by atoms with van der Waals surface area (Å²) in [5, 5.41) is 22.4. The highest BCUT2D eigenvalue weighted by Crippen LogP contribution is 2.48. The number of unbranched alkanes of at least 4 members (excludes halogenated alkanes) is 3. The van der Waals surface area contributed by atoms with Gasteiger partial charge >= 0.3 is 0 Å². The zero-order valence-corrected chi connectivity index (χ0v) is 31.7. The van der Waals surface area contributed by atoms with Crippen molar-refractivity contribution in [3.8, 4) is 11.1 Å². The highest BCUT2D eigenvalue weighted by atomic mass is 16.3. The third kappa shape index (κ3) is 7.90. The van der Waals surface area contributed by atoms with Crippen LogP contribution < -0.4 is 21.3 Å². The van der Waals surface area contributed by atoms with Gasteiger partial charge in [-0.05, 0) is 103 Å². The monoisotopic (exact) mass is 769 g/mol. The highest BCUT2D eigenvalue weighted by molar-refractivity contribution is 6.25. The van der Waals surface area contributed by atoms with Gasteiger partial charge in [0.1, 0.15) is 6.04 Å². The number of carbonyl (C=O) groups excluding carboxylic acids is 5. The summed E-state index contributed by atoms with van der Waals surface area (Å²) >= 11 is 0. The molecular formula is C44H47N7O6. The minimum absolute atomic E-state index is 0.00257. The van der Waals surface area contributed by atoms with E-state index in [0.717, 1.165) is 72.6 Å². The van der Waals surface area contributed by atoms with Crippen LogP contribution in [0.2, 0.25) is 0 Å². The lowest BCUT2D eigenvalue weighted by Crippen LogP contribution is -2.54. The molecular weight excluding hydrogens is 723 g/mol. The highest BCUT2D eigenvalue weighted by Gasteiger charge is 2.46. The molecule has 13 heteroatoms. The van der Waals surface area contributed by atoms with Crippen molar-refractivity contribution in [3.63, 3.8) is 0 Å². The van der Waals surface area contributed by atoms with E-state index in [2.05, 4.69) is 67.5 Å². The van der Waals surface area contributed by atoms with Gasteiger partial charge in [-0.15, -0.1) is 0 Å². The summed E-state index contributed by atoms with van der Waals surface area (Å²) in [5.74, 6) is -1.85. The van der Waals surface area contributed by atoms with Crippen LogP contribution in [0.25, 0.3) is 11.1 Å². The fraction of sp³-hybridized carbons (Fsp3) is 0.364. The minimum atomic E-state index is -1.01. The van der Waals surface area contributed by atoms with Crippen LogP contribution in [-0.2, 0) is 20.9 Å². The molecule has 294 valence electrons. The normalized spacial score (nSPS) is 21.4. The fourth-order valence-corrected chi connectivity index (χ4v) is 8.89. The largest absolute Gasteiger partial charge is 0.394 e. The molecule has 4 atom stereocenters. The second-order valence-corrected chi connectivity index (χ2v) is 15.4. The molecule has 0 aliphatic carbocycles. The Labute approximate surface area is 331 Å². The summed E-state index contributed by atoms with van der Waals surface area (Å²) in [6, 6.07) is 22.7. The molecule has 0 bridgehead atoms. The standard InChI is InChI=1S/C44H47N7O6/c52-26-36-31-18-22-50(25-27-16-20-45-21-17-27)41(31)33-24-29(12-13-34(33)48-36)28-7-5-8-30(23-28)47-38(53)11-3-1-2-4-19-46-35-10-6-9-32-40(35)44(57)51(43(32)56)37-14-15-39(54)49-42(37)55/h5-10,12-13,16-17,20-21,23-24,31,36-37,41,46,48,52H,1-4,11,14-15,18-19,22,25-26H2,(H,47,53)(H,49,54,55)/t31-,36-,37?,41-/m1/s1. The van der Waals surface area contributed by atoms with Gasteiger partial charge in [0.05, 0.1) is 23.8 Å². The van der Waals surface area contributed by atoms with E-state index in [1.54, 1.807) is 18.2 Å². The topological polar surface area (TPSA) is 173 Å². The van der Waals surface area contributed by atoms with Gasteiger partial charge in [-0.25, -0.2) is 0 Å². The number of nitrogens with zero attached hydrogens (tertiary/aromatic N) is 3. The van der Waals surface area contributed by atoms with E-state index >= 15 is 0 Å². The summed E-state index contributed by atoms with van der Waals surface area (Å²) in [7, 11) is 0. The van der Waals surface area contributed by atoms with E-state index in [4.69, 9.17) is 0 Å². The second kappa shape index (κ2) is 16.7. The van der Waals surface area contributed by atoms with Crippen molar-refractivity contribution in [2.75, 3.05) is 35.6 Å². The maximum Gasteiger partial charge on any atom is 0.264 e. The summed E-state index contributed by atoms with van der Waals surface area (Å²) < 4.78 is 0. The average Bonchev–Trinajstić information content (AvgIpc) is 3.75. The number of piperidine rings is 1. The maximum absolute atomic E-state index is 13.3. The number of nitrogens with one attached hydrogen (secondary N) is 4. The molecule has 8 rings (SSSR count). The van der Waals surface area contributed by atoms with Gasteiger partial charge in [0.25, 0.3) is 11.8 Å². The van der Waals surface area contributed by atoms with Gasteiger partial charge in [-0.1, -0.05) is 37.1 Å². The molecule has 5 N–H and O–H groups in total. The van der Waals surface area contributed by atoms with Gasteiger partial charge in [-0.3, -0.25) is 44.1 Å². The van der Waals surface area contributed by atoms with E-state index in [1.165, 1.54) is 11.1 Å². The Morgan fingerprint density at radius 1 is 0.877 bits per heavy atom. The molecule has 5 amide bonds. The Hall–Kier alpha value is -5.92. The SMILES string of the molecule is O=C1CCC(N2C(=O)c3cccc(NCCCCCCC(=O)Nc4cccc(-c5ccc6c(c5)[C@H]5[C@H](CCN5Cc5ccncc5)[C@@H](CO)N6)c4)c3C2=O)C(=O)N1. The van der Waals surface area contributed by atoms with Gasteiger partial charge in [0, 0.05) is 67.3 Å². The zero-order valence-electron chi connectivity index (χ0n) is 31.7. The Bertz CT molecular complexity index is 2190. The second-order valence-electron chi connectivity index (χ2n) is 15.4. The Morgan fingerprint density at radius 3 is 2.51 bits per heavy atom. The quantitative estimate of drug-likeness (QED) is 0.0815. The van der Waals surface area contributed by atoms with Gasteiger partial charge in [0.2, 0.25) is 17.7 Å². The van der Waals surface area contributed by atoms with E-state index < -0.39 is 29.7 Å². The molecule has 5 heterocycles. The molecule has 13 nitrogen and oxygen atoms in total. The Morgan fingerprint density at radius 2 is 1.68 bits per heavy atom. The third-order valence-corrected chi connectivity index (χ3v) is 11.7. The zero-order chi connectivity index (χ0) is 39.5. The Kier molecular flexibility index (Phi) is 11.1. The van der Waals surface area contributed by atoms with Crippen molar-refractivity contribution in [2.24, 2.45) is 5.92 Å². The number of imide groups is 2. The van der Waals surface area contributed by atoms with E-state index in [1.807, 2.05) is 30.6 Å². The molecule has 57 heavy (non-hydrogen) atoms. The first-order valence-corrected chi connectivity index (χ1v) is 19.9. The first-order chi connectivity index (χ1) is 27.8. The third-order valence-electron chi connectivity index (χ3n) is 11.7. The molecule has 0 radical (unpaired) electrons. The van der Waals surface area contributed by atoms with Gasteiger partial charge in [-0.2, -0.15) is 0 Å². The molecule has 2 fully saturated rings. The summed E-state index contributed by atoms with van der Waals surface area (Å²) in [6.07, 6.45) is 8.48. The fourth-order valence-electron chi connectivity index (χ4n) is 8.89. The van der Waals surface area contributed by atoms with Crippen molar-refractivity contribution in [1.29, 1.82) is 0 Å². The average molecular weight is 770 g/mol. The van der Waals surface area contributed by atoms with Crippen LogP contribution >= 0.6 is 0 Å². The van der Waals surface area contributed by atoms with Crippen LogP contribution in [0.3, 0.4) is 0 Å². The van der Waals surface area contributed by atoms with Gasteiger partial charge in [0.15, 0.2) is 0 Å². The first kappa shape index (κ1) is 38.0. The number of anilines is 3. The number of benzene rings is 3. The number of hydrogen-bond donors (Lipinski definition) is 5. The van der Waals surface area contributed by atoms with Gasteiger partial charge < -0.3 is 21.1 Å². The van der Waals surface area contributed by atoms with Crippen LogP contribution in [0.15, 0.2) is 85.2 Å². The number of rotatable bonds is 14. The smallest absolute Gasteiger partial charge is 0.264 e. The van der Waals surface area contributed by atoms with E-state index in [9.17, 15) is 29.1 Å². The number of aliphatic hydroxyl groups is 1. The Balaban J connectivity index is 0.819. The lowest BCUT2D eigenvalue weighted by atomic mass is 9.82. The van der Waals surface area contributed by atoms with Crippen LogP contribution in [0, 0.1) is 5.92 Å². The number of hydrogen-bond acceptors (Lipinski definition) is 10. The number of amides is 5. The van der Waals surface area contributed by atoms with Crippen molar-refractivity contribution < 1.29 is 29.1 Å². The number of aliphatic hydroxyl groups excluding tert-OH is 1. The summed E-state index contributed by atoms with van der Waals surface area (Å²) in [5.41, 5.74) is 7.36. The molecule has 3 aromatic carbocycles. The number of pyridine rings is 1. The first-order valence-electron chi connectivity index (χ1n) is 19.9. The van der Waals surface area contributed by atoms with Crippen LogP contribution in [0.4, 0.5) is 17.1 Å². The van der Waals surface area contributed by atoms with Crippen molar-refractivity contribution in [3.05, 3.63) is 107 Å². The lowest BCUT2D eigenvalue weighted by molar-refractivity contribution is -0.136. The van der Waals surface area contributed by atoms with E-state index in [-0.39, 0.29) is 48.6 Å². The predicted molar refractivity (Wildman–Crippen MR) is 215 cm³/mol. The maximum atomic E-state index is 13.3. The number of likely N-dealkylation sites (tertiary alicyclic amines) is 1. The van der Waals surface area contributed by atoms with E-state index in [0.29, 0.717) is 24.6 Å². The van der Waals surface area contributed by atoms with Crippen LogP contribution in [0.1, 0.15) is 89.3 Å². The number of aromatic nitrogens is 1. The molecule has 0 saturated carbocycles. The molecule has 1 aromatic heterocycles. The summed E-state index contributed by atoms with van der Waals surface area (Å²) in [4.78, 5) is 71.1. The molecule has 0 spiro atoms. The molecule has 4 aliphatic rings. The van der Waals surface area contributed by atoms with Crippen molar-refractivity contribution in [2.45, 2.75) is 76.0 Å². The number of fused-ring (bicyclic) bond motifs is 4. The van der Waals surface area contributed by atoms with Crippen molar-refractivity contribution >= 4 is 46.6 Å². The lowest BCUT2D eigenvalue weighted by Gasteiger charge is -2.39. The van der Waals surface area contributed by atoms with Crippen LogP contribution in [0.5, 0.6) is 0 Å². The number of carbonyl (C=O) groups is 5.